The van der Waals surface area contributed by atoms with Crippen LogP contribution in [0.5, 0.6) is 5.75 Å². The van der Waals surface area contributed by atoms with Crippen molar-refractivity contribution in [3.8, 4) is 5.75 Å². The number of nitrogens with zero attached hydrogens (tertiary/aromatic N) is 1. The van der Waals surface area contributed by atoms with Crippen molar-refractivity contribution in [3.05, 3.63) is 51.7 Å². The molecule has 2 atom stereocenters. The molecule has 7 heteroatoms. The molecule has 2 heterocycles. The number of ether oxygens (including phenoxy) is 2. The van der Waals surface area contributed by atoms with E-state index in [1.165, 1.54) is 11.1 Å². The summed E-state index contributed by atoms with van der Waals surface area (Å²) in [7, 11) is 4.08. The maximum atomic E-state index is 12.3. The Morgan fingerprint density at radius 2 is 2.07 bits per heavy atom. The Bertz CT molecular complexity index is 847. The number of likely N-dealkylation sites (N-methyl/N-ethyl adjacent to an activating group) is 1. The normalized spacial score (nSPS) is 17.0. The molecule has 6 nitrogen and oxygen atoms in total. The second-order valence-corrected chi connectivity index (χ2v) is 9.43. The number of fused-ring (bicyclic) bond motifs is 1. The zero-order valence-corrected chi connectivity index (χ0v) is 19.3. The highest BCUT2D eigenvalue weighted by atomic mass is 32.1. The monoisotopic (exact) mass is 435 g/mol. The fourth-order valence-corrected chi connectivity index (χ4v) is 4.21. The predicted octanol–water partition coefficient (Wildman–Crippen LogP) is 4.29. The van der Waals surface area contributed by atoms with Crippen LogP contribution >= 0.6 is 11.3 Å². The van der Waals surface area contributed by atoms with Crippen molar-refractivity contribution in [2.45, 2.75) is 58.1 Å². The van der Waals surface area contributed by atoms with Crippen LogP contribution in [0.1, 0.15) is 40.3 Å². The molecule has 0 saturated carbocycles. The third-order valence-electron chi connectivity index (χ3n) is 5.26. The summed E-state index contributed by atoms with van der Waals surface area (Å²) >= 11 is 1.68. The maximum Gasteiger partial charge on any atom is 0.315 e. The molecule has 0 spiro atoms. The SMILES string of the molecule is C[C@@H](Cc1ccsc1)NC(=O)NC[C@H](Cc1ccc2c(c1)COC(C)(C)O2)N(C)C.[HH].[HH]. The lowest BCUT2D eigenvalue weighted by molar-refractivity contribution is -0.180. The summed E-state index contributed by atoms with van der Waals surface area (Å²) in [5.74, 6) is 0.298. The molecular formula is C23H37N3O3S. The van der Waals surface area contributed by atoms with E-state index in [0.717, 1.165) is 24.2 Å². The molecule has 2 amide bonds. The van der Waals surface area contributed by atoms with Gasteiger partial charge in [-0.15, -0.1) is 0 Å². The number of carbonyl (C=O) groups is 1. The van der Waals surface area contributed by atoms with Crippen LogP contribution in [0.4, 0.5) is 4.79 Å². The molecular weight excluding hydrogens is 398 g/mol. The van der Waals surface area contributed by atoms with E-state index in [1.807, 2.05) is 40.9 Å². The molecule has 1 aromatic carbocycles. The fraction of sp³-hybridized carbons (Fsp3) is 0.522. The van der Waals surface area contributed by atoms with E-state index in [-0.39, 0.29) is 21.0 Å². The first-order valence-electron chi connectivity index (χ1n) is 10.4. The minimum absolute atomic E-state index is 0. The van der Waals surface area contributed by atoms with Gasteiger partial charge in [0.25, 0.3) is 0 Å². The molecule has 2 N–H and O–H groups in total. The molecule has 2 aromatic rings. The molecule has 0 bridgehead atoms. The molecule has 0 unspecified atom stereocenters. The molecule has 30 heavy (non-hydrogen) atoms. The van der Waals surface area contributed by atoms with Crippen LogP contribution in [-0.2, 0) is 24.2 Å². The maximum absolute atomic E-state index is 12.3. The smallest absolute Gasteiger partial charge is 0.315 e. The van der Waals surface area contributed by atoms with Crippen molar-refractivity contribution in [1.29, 1.82) is 0 Å². The summed E-state index contributed by atoms with van der Waals surface area (Å²) < 4.78 is 11.6. The third kappa shape index (κ3) is 6.45. The van der Waals surface area contributed by atoms with Gasteiger partial charge in [0.2, 0.25) is 5.79 Å². The van der Waals surface area contributed by atoms with Gasteiger partial charge in [0.05, 0.1) is 6.61 Å². The number of benzene rings is 1. The highest BCUT2D eigenvalue weighted by molar-refractivity contribution is 7.07. The summed E-state index contributed by atoms with van der Waals surface area (Å²) in [6.45, 7) is 6.99. The first kappa shape index (κ1) is 22.6. The van der Waals surface area contributed by atoms with Gasteiger partial charge in [-0.05, 0) is 73.9 Å². The first-order valence-corrected chi connectivity index (χ1v) is 11.3. The zero-order valence-electron chi connectivity index (χ0n) is 18.5. The van der Waals surface area contributed by atoms with Crippen LogP contribution in [0, 0.1) is 0 Å². The zero-order chi connectivity index (χ0) is 21.7. The molecule has 3 rings (SSSR count). The van der Waals surface area contributed by atoms with Crippen molar-refractivity contribution in [1.82, 2.24) is 15.5 Å². The minimum Gasteiger partial charge on any atom is -0.463 e. The largest absolute Gasteiger partial charge is 0.463 e. The highest BCUT2D eigenvalue weighted by Crippen LogP contribution is 2.32. The summed E-state index contributed by atoms with van der Waals surface area (Å²) in [6.07, 6.45) is 1.67. The predicted molar refractivity (Wildman–Crippen MR) is 125 cm³/mol. The van der Waals surface area contributed by atoms with E-state index in [2.05, 4.69) is 44.5 Å². The molecule has 0 saturated heterocycles. The van der Waals surface area contributed by atoms with Crippen molar-refractivity contribution in [2.24, 2.45) is 0 Å². The molecule has 0 radical (unpaired) electrons. The number of hydrogen-bond donors (Lipinski definition) is 2. The van der Waals surface area contributed by atoms with Gasteiger partial charge >= 0.3 is 6.03 Å². The fourth-order valence-electron chi connectivity index (χ4n) is 3.53. The number of urea groups is 1. The number of thiophene rings is 1. The van der Waals surface area contributed by atoms with Crippen molar-refractivity contribution in [2.75, 3.05) is 20.6 Å². The molecule has 1 aliphatic heterocycles. The average Bonchev–Trinajstić information content (AvgIpc) is 3.17. The van der Waals surface area contributed by atoms with Gasteiger partial charge in [0.15, 0.2) is 0 Å². The number of nitrogens with one attached hydrogen (secondary N) is 2. The Balaban J connectivity index is 0.00000256. The molecule has 0 fully saturated rings. The third-order valence-corrected chi connectivity index (χ3v) is 5.99. The highest BCUT2D eigenvalue weighted by Gasteiger charge is 2.27. The Kier molecular flexibility index (Phi) is 7.39. The van der Waals surface area contributed by atoms with Crippen LogP contribution < -0.4 is 15.4 Å². The van der Waals surface area contributed by atoms with Crippen molar-refractivity contribution in [3.63, 3.8) is 0 Å². The van der Waals surface area contributed by atoms with Crippen LogP contribution in [-0.4, -0.2) is 49.4 Å². The van der Waals surface area contributed by atoms with Gasteiger partial charge in [0.1, 0.15) is 5.75 Å². The number of hydrogen-bond acceptors (Lipinski definition) is 5. The molecule has 1 aliphatic rings. The quantitative estimate of drug-likeness (QED) is 0.649. The van der Waals surface area contributed by atoms with E-state index in [4.69, 9.17) is 9.47 Å². The van der Waals surface area contributed by atoms with E-state index in [1.54, 1.807) is 11.3 Å². The topological polar surface area (TPSA) is 62.8 Å². The van der Waals surface area contributed by atoms with Gasteiger partial charge in [-0.3, -0.25) is 0 Å². The molecule has 1 aromatic heterocycles. The van der Waals surface area contributed by atoms with Crippen LogP contribution in [0.15, 0.2) is 35.0 Å². The van der Waals surface area contributed by atoms with Gasteiger partial charge in [-0.1, -0.05) is 6.07 Å². The Labute approximate surface area is 186 Å². The summed E-state index contributed by atoms with van der Waals surface area (Å²) in [6, 6.07) is 8.50. The Morgan fingerprint density at radius 3 is 2.77 bits per heavy atom. The summed E-state index contributed by atoms with van der Waals surface area (Å²) in [4.78, 5) is 14.5. The van der Waals surface area contributed by atoms with Gasteiger partial charge in [0, 0.05) is 40.9 Å². The van der Waals surface area contributed by atoms with Crippen LogP contribution in [0.3, 0.4) is 0 Å². The van der Waals surface area contributed by atoms with Gasteiger partial charge < -0.3 is 25.0 Å². The summed E-state index contributed by atoms with van der Waals surface area (Å²) in [5, 5.41) is 10.2. The number of amides is 2. The van der Waals surface area contributed by atoms with Gasteiger partial charge in [-0.2, -0.15) is 11.3 Å². The van der Waals surface area contributed by atoms with Crippen molar-refractivity contribution >= 4 is 17.4 Å². The second kappa shape index (κ2) is 9.81. The Hall–Kier alpha value is -2.09. The Morgan fingerprint density at radius 1 is 1.27 bits per heavy atom. The van der Waals surface area contributed by atoms with E-state index in [0.29, 0.717) is 13.2 Å². The number of carbonyl (C=O) groups excluding carboxylic acids is 1. The summed E-state index contributed by atoms with van der Waals surface area (Å²) in [5.41, 5.74) is 3.52. The first-order chi connectivity index (χ1) is 14.2. The van der Waals surface area contributed by atoms with E-state index >= 15 is 0 Å². The lowest BCUT2D eigenvalue weighted by Gasteiger charge is -2.33. The molecule has 168 valence electrons. The van der Waals surface area contributed by atoms with Crippen LogP contribution in [0.25, 0.3) is 0 Å². The second-order valence-electron chi connectivity index (χ2n) is 8.65. The lowest BCUT2D eigenvalue weighted by Crippen LogP contribution is -2.47. The average molecular weight is 436 g/mol. The minimum atomic E-state index is -0.585. The standard InChI is InChI=1S/C23H33N3O3S.2H2/c1-16(10-18-8-9-30-15-18)25-22(27)24-13-20(26(4)5)12-17-6-7-21-19(11-17)14-28-23(2,3)29-21;;/h6-9,11,15-16,20H,10,12-14H2,1-5H3,(H2,24,25,27);2*1H/t16-,20-;;/m0../s1. The number of rotatable bonds is 8. The van der Waals surface area contributed by atoms with Crippen LogP contribution in [0.2, 0.25) is 0 Å². The molecule has 0 aliphatic carbocycles. The van der Waals surface area contributed by atoms with Crippen molar-refractivity contribution < 1.29 is 17.1 Å². The van der Waals surface area contributed by atoms with E-state index < -0.39 is 5.79 Å². The lowest BCUT2D eigenvalue weighted by atomic mass is 10.0. The van der Waals surface area contributed by atoms with E-state index in [9.17, 15) is 4.79 Å². The van der Waals surface area contributed by atoms with Gasteiger partial charge in [-0.25, -0.2) is 4.79 Å².